The molecule has 0 aromatic carbocycles. The zero-order chi connectivity index (χ0) is 12.8. The van der Waals surface area contributed by atoms with Gasteiger partial charge >= 0.3 is 0 Å². The number of aliphatic hydroxyl groups excluding tert-OH is 1. The molecular formula is C10H18ClN5O. The fourth-order valence-electron chi connectivity index (χ4n) is 1.42. The van der Waals surface area contributed by atoms with Crippen LogP contribution in [0.5, 0.6) is 0 Å². The molecule has 96 valence electrons. The smallest absolute Gasteiger partial charge is 0.239 e. The van der Waals surface area contributed by atoms with Crippen molar-refractivity contribution in [3.8, 4) is 0 Å². The highest BCUT2D eigenvalue weighted by atomic mass is 35.5. The van der Waals surface area contributed by atoms with Crippen molar-refractivity contribution in [3.63, 3.8) is 0 Å². The monoisotopic (exact) mass is 259 g/mol. The van der Waals surface area contributed by atoms with Crippen LogP contribution in [0.4, 0.5) is 11.8 Å². The fourth-order valence-corrected chi connectivity index (χ4v) is 1.57. The maximum Gasteiger partial charge on any atom is 0.239 e. The maximum atomic E-state index is 9.00. The van der Waals surface area contributed by atoms with Crippen LogP contribution in [0.3, 0.4) is 0 Å². The fraction of sp³-hybridized carbons (Fsp3) is 0.600. The molecule has 17 heavy (non-hydrogen) atoms. The second-order valence-corrected chi connectivity index (χ2v) is 4.45. The quantitative estimate of drug-likeness (QED) is 0.453. The van der Waals surface area contributed by atoms with Crippen LogP contribution in [0.25, 0.3) is 0 Å². The molecule has 1 heterocycles. The van der Waals surface area contributed by atoms with Gasteiger partial charge in [-0.05, 0) is 12.3 Å². The number of hydrogen-bond donors (Lipinski definition) is 4. The molecule has 0 radical (unpaired) electrons. The molecule has 1 rings (SSSR count). The lowest BCUT2D eigenvalue weighted by atomic mass is 10.0. The van der Waals surface area contributed by atoms with Crippen LogP contribution in [0.15, 0.2) is 6.20 Å². The van der Waals surface area contributed by atoms with Gasteiger partial charge in [-0.2, -0.15) is 4.98 Å². The molecule has 1 unspecified atom stereocenters. The summed E-state index contributed by atoms with van der Waals surface area (Å²) >= 11 is 5.98. The van der Waals surface area contributed by atoms with Crippen LogP contribution in [0, 0.1) is 5.92 Å². The highest BCUT2D eigenvalue weighted by Gasteiger charge is 2.15. The van der Waals surface area contributed by atoms with Gasteiger partial charge in [-0.1, -0.05) is 25.4 Å². The number of hydrogen-bond acceptors (Lipinski definition) is 6. The first-order valence-corrected chi connectivity index (χ1v) is 5.82. The molecule has 0 saturated heterocycles. The molecular weight excluding hydrogens is 242 g/mol. The van der Waals surface area contributed by atoms with Gasteiger partial charge in [-0.3, -0.25) is 5.43 Å². The third kappa shape index (κ3) is 3.99. The van der Waals surface area contributed by atoms with Gasteiger partial charge in [0.25, 0.3) is 0 Å². The highest BCUT2D eigenvalue weighted by Crippen LogP contribution is 2.22. The van der Waals surface area contributed by atoms with Crippen LogP contribution in [0.2, 0.25) is 5.02 Å². The van der Waals surface area contributed by atoms with Crippen molar-refractivity contribution in [2.24, 2.45) is 11.8 Å². The summed E-state index contributed by atoms with van der Waals surface area (Å²) in [6, 6.07) is 0.0954. The van der Waals surface area contributed by atoms with Gasteiger partial charge in [0, 0.05) is 12.6 Å². The normalized spacial score (nSPS) is 12.6. The van der Waals surface area contributed by atoms with Crippen LogP contribution < -0.4 is 16.6 Å². The SMILES string of the molecule is CC(C)C(CCO)Nc1nc(NN)ncc1Cl. The van der Waals surface area contributed by atoms with E-state index < -0.39 is 0 Å². The average Bonchev–Trinajstić information content (AvgIpc) is 2.31. The van der Waals surface area contributed by atoms with Gasteiger partial charge in [0.2, 0.25) is 5.95 Å². The number of rotatable bonds is 6. The molecule has 0 aliphatic heterocycles. The van der Waals surface area contributed by atoms with Gasteiger partial charge in [0.05, 0.1) is 6.20 Å². The molecule has 0 amide bonds. The molecule has 5 N–H and O–H groups in total. The molecule has 1 aromatic rings. The number of aliphatic hydroxyl groups is 1. The van der Waals surface area contributed by atoms with Crippen molar-refractivity contribution < 1.29 is 5.11 Å². The largest absolute Gasteiger partial charge is 0.396 e. The van der Waals surface area contributed by atoms with Crippen molar-refractivity contribution in [2.75, 3.05) is 17.3 Å². The number of nitrogen functional groups attached to an aromatic ring is 1. The number of nitrogens with zero attached hydrogens (tertiary/aromatic N) is 2. The van der Waals surface area contributed by atoms with E-state index in [1.807, 2.05) is 0 Å². The Morgan fingerprint density at radius 2 is 2.24 bits per heavy atom. The summed E-state index contributed by atoms with van der Waals surface area (Å²) in [6.07, 6.45) is 2.10. The number of halogens is 1. The van der Waals surface area contributed by atoms with Gasteiger partial charge < -0.3 is 10.4 Å². The van der Waals surface area contributed by atoms with E-state index in [-0.39, 0.29) is 12.6 Å². The lowest BCUT2D eigenvalue weighted by Gasteiger charge is -2.22. The lowest BCUT2D eigenvalue weighted by molar-refractivity contribution is 0.267. The predicted octanol–water partition coefficient (Wildman–Crippen LogP) is 1.23. The predicted molar refractivity (Wildman–Crippen MR) is 68.8 cm³/mol. The minimum atomic E-state index is 0.0954. The van der Waals surface area contributed by atoms with Gasteiger partial charge in [-0.15, -0.1) is 0 Å². The number of hydrazine groups is 1. The summed E-state index contributed by atoms with van der Waals surface area (Å²) in [6.45, 7) is 4.23. The molecule has 0 saturated carbocycles. The van der Waals surface area contributed by atoms with E-state index >= 15 is 0 Å². The standard InChI is InChI=1S/C10H18ClN5O/c1-6(2)8(3-4-17)14-9-7(11)5-13-10(15-9)16-12/h5-6,8,17H,3-4,12H2,1-2H3,(H2,13,14,15,16). The number of nitrogens with one attached hydrogen (secondary N) is 2. The average molecular weight is 260 g/mol. The zero-order valence-corrected chi connectivity index (χ0v) is 10.7. The Balaban J connectivity index is 2.84. The van der Waals surface area contributed by atoms with E-state index in [1.165, 1.54) is 6.20 Å². The second-order valence-electron chi connectivity index (χ2n) is 4.04. The van der Waals surface area contributed by atoms with Gasteiger partial charge in [-0.25, -0.2) is 10.8 Å². The summed E-state index contributed by atoms with van der Waals surface area (Å²) < 4.78 is 0. The third-order valence-electron chi connectivity index (χ3n) is 2.44. The van der Waals surface area contributed by atoms with E-state index in [4.69, 9.17) is 22.6 Å². The molecule has 0 spiro atoms. The van der Waals surface area contributed by atoms with Crippen molar-refractivity contribution in [1.82, 2.24) is 9.97 Å². The molecule has 0 aliphatic rings. The van der Waals surface area contributed by atoms with Crippen LogP contribution in [0.1, 0.15) is 20.3 Å². The summed E-state index contributed by atoms with van der Waals surface area (Å²) in [5.41, 5.74) is 2.36. The van der Waals surface area contributed by atoms with Crippen molar-refractivity contribution in [3.05, 3.63) is 11.2 Å². The van der Waals surface area contributed by atoms with Crippen LogP contribution >= 0.6 is 11.6 Å². The minimum absolute atomic E-state index is 0.0954. The van der Waals surface area contributed by atoms with E-state index in [0.717, 1.165) is 0 Å². The number of aromatic nitrogens is 2. The first-order valence-electron chi connectivity index (χ1n) is 5.45. The molecule has 0 fully saturated rings. The molecule has 7 heteroatoms. The molecule has 1 atom stereocenters. The van der Waals surface area contributed by atoms with Crippen molar-refractivity contribution in [1.29, 1.82) is 0 Å². The van der Waals surface area contributed by atoms with Crippen molar-refractivity contribution in [2.45, 2.75) is 26.3 Å². The highest BCUT2D eigenvalue weighted by molar-refractivity contribution is 6.32. The van der Waals surface area contributed by atoms with E-state index in [0.29, 0.717) is 29.1 Å². The van der Waals surface area contributed by atoms with Crippen LogP contribution in [-0.2, 0) is 0 Å². The Kier molecular flexibility index (Phi) is 5.40. The van der Waals surface area contributed by atoms with E-state index in [9.17, 15) is 0 Å². The Morgan fingerprint density at radius 1 is 1.53 bits per heavy atom. The van der Waals surface area contributed by atoms with E-state index in [1.54, 1.807) is 0 Å². The second kappa shape index (κ2) is 6.58. The number of anilines is 2. The summed E-state index contributed by atoms with van der Waals surface area (Å²) in [5, 5.41) is 12.6. The summed E-state index contributed by atoms with van der Waals surface area (Å²) in [5.74, 6) is 6.39. The lowest BCUT2D eigenvalue weighted by Crippen LogP contribution is -2.27. The van der Waals surface area contributed by atoms with E-state index in [2.05, 4.69) is 34.6 Å². The molecule has 0 aliphatic carbocycles. The number of nitrogens with two attached hydrogens (primary N) is 1. The molecule has 1 aromatic heterocycles. The minimum Gasteiger partial charge on any atom is -0.396 e. The molecule has 0 bridgehead atoms. The first kappa shape index (κ1) is 14.0. The maximum absolute atomic E-state index is 9.00. The van der Waals surface area contributed by atoms with Crippen molar-refractivity contribution >= 4 is 23.4 Å². The van der Waals surface area contributed by atoms with Crippen LogP contribution in [-0.4, -0.2) is 27.7 Å². The van der Waals surface area contributed by atoms with Gasteiger partial charge in [0.1, 0.15) is 5.02 Å². The first-order chi connectivity index (χ1) is 8.08. The Hall–Kier alpha value is -1.11. The topological polar surface area (TPSA) is 96.1 Å². The Bertz CT molecular complexity index is 361. The third-order valence-corrected chi connectivity index (χ3v) is 2.72. The zero-order valence-electron chi connectivity index (χ0n) is 9.94. The summed E-state index contributed by atoms with van der Waals surface area (Å²) in [7, 11) is 0. The van der Waals surface area contributed by atoms with Gasteiger partial charge in [0.15, 0.2) is 5.82 Å². The Morgan fingerprint density at radius 3 is 2.76 bits per heavy atom. The Labute approximate surface area is 106 Å². The molecule has 6 nitrogen and oxygen atoms in total. The summed E-state index contributed by atoms with van der Waals surface area (Å²) in [4.78, 5) is 8.01.